The van der Waals surface area contributed by atoms with Crippen LogP contribution in [0.3, 0.4) is 0 Å². The number of hydrogen-bond acceptors (Lipinski definition) is 3. The highest BCUT2D eigenvalue weighted by molar-refractivity contribution is 7.88. The Kier molecular flexibility index (Phi) is 4.97. The van der Waals surface area contributed by atoms with Crippen molar-refractivity contribution < 1.29 is 13.2 Å². The molecule has 2 heterocycles. The van der Waals surface area contributed by atoms with Crippen LogP contribution in [0.5, 0.6) is 0 Å². The van der Waals surface area contributed by atoms with Gasteiger partial charge in [0.2, 0.25) is 10.0 Å². The molecule has 2 saturated heterocycles. The van der Waals surface area contributed by atoms with Gasteiger partial charge in [0, 0.05) is 31.7 Å². The Morgan fingerprint density at radius 3 is 2.38 bits per heavy atom. The average molecular weight is 350 g/mol. The highest BCUT2D eigenvalue weighted by Crippen LogP contribution is 2.33. The minimum absolute atomic E-state index is 0.120. The molecule has 0 saturated carbocycles. The van der Waals surface area contributed by atoms with Crippen LogP contribution >= 0.6 is 0 Å². The fraction of sp³-hybridized carbons (Fsp3) is 0.611. The van der Waals surface area contributed by atoms with Gasteiger partial charge >= 0.3 is 0 Å². The van der Waals surface area contributed by atoms with Gasteiger partial charge in [0.1, 0.15) is 0 Å². The lowest BCUT2D eigenvalue weighted by Crippen LogP contribution is -2.40. The standard InChI is InChI=1S/C18H26N2O3S/c1-14-4-3-5-16(12-14)18(21)19-9-6-17(13-19)15-7-10-20(11-8-15)24(2,22)23/h3-5,12,15,17H,6-11,13H2,1-2H3. The fourth-order valence-corrected chi connectivity index (χ4v) is 4.87. The molecule has 0 aliphatic carbocycles. The summed E-state index contributed by atoms with van der Waals surface area (Å²) in [5, 5.41) is 0. The van der Waals surface area contributed by atoms with E-state index in [1.54, 1.807) is 4.31 Å². The van der Waals surface area contributed by atoms with Crippen LogP contribution in [0, 0.1) is 18.8 Å². The third kappa shape index (κ3) is 3.81. The van der Waals surface area contributed by atoms with Crippen molar-refractivity contribution in [3.05, 3.63) is 35.4 Å². The number of piperidine rings is 1. The quantitative estimate of drug-likeness (QED) is 0.839. The molecule has 1 unspecified atom stereocenters. The van der Waals surface area contributed by atoms with Gasteiger partial charge in [-0.15, -0.1) is 0 Å². The van der Waals surface area contributed by atoms with Gasteiger partial charge in [0.25, 0.3) is 5.91 Å². The first-order chi connectivity index (χ1) is 11.3. The fourth-order valence-electron chi connectivity index (χ4n) is 4.00. The van der Waals surface area contributed by atoms with E-state index < -0.39 is 10.0 Å². The normalized spacial score (nSPS) is 23.6. The zero-order valence-electron chi connectivity index (χ0n) is 14.4. The Hall–Kier alpha value is -1.40. The zero-order valence-corrected chi connectivity index (χ0v) is 15.3. The molecule has 1 amide bonds. The van der Waals surface area contributed by atoms with Crippen molar-refractivity contribution in [2.24, 2.45) is 11.8 Å². The summed E-state index contributed by atoms with van der Waals surface area (Å²) in [6.45, 7) is 4.84. The smallest absolute Gasteiger partial charge is 0.253 e. The number of carbonyl (C=O) groups excluding carboxylic acids is 1. The van der Waals surface area contributed by atoms with E-state index in [4.69, 9.17) is 0 Å². The number of likely N-dealkylation sites (tertiary alicyclic amines) is 1. The molecule has 0 radical (unpaired) electrons. The Morgan fingerprint density at radius 2 is 1.75 bits per heavy atom. The van der Waals surface area contributed by atoms with Gasteiger partial charge in [-0.3, -0.25) is 4.79 Å². The number of aryl methyl sites for hydroxylation is 1. The van der Waals surface area contributed by atoms with E-state index >= 15 is 0 Å². The third-order valence-electron chi connectivity index (χ3n) is 5.41. The maximum Gasteiger partial charge on any atom is 0.253 e. The molecule has 1 aromatic rings. The van der Waals surface area contributed by atoms with Crippen molar-refractivity contribution in [2.75, 3.05) is 32.4 Å². The van der Waals surface area contributed by atoms with Crippen LogP contribution in [-0.2, 0) is 10.0 Å². The summed E-state index contributed by atoms with van der Waals surface area (Å²) in [6, 6.07) is 7.75. The van der Waals surface area contributed by atoms with Gasteiger partial charge in [-0.1, -0.05) is 17.7 Å². The Bertz CT molecular complexity index is 709. The molecule has 3 rings (SSSR count). The number of hydrogen-bond donors (Lipinski definition) is 0. The van der Waals surface area contributed by atoms with Gasteiger partial charge in [0.05, 0.1) is 6.26 Å². The molecule has 0 N–H and O–H groups in total. The monoisotopic (exact) mass is 350 g/mol. The van der Waals surface area contributed by atoms with Gasteiger partial charge in [-0.2, -0.15) is 0 Å². The highest BCUT2D eigenvalue weighted by Gasteiger charge is 2.35. The molecule has 6 heteroatoms. The molecule has 0 aromatic heterocycles. The second-order valence-electron chi connectivity index (χ2n) is 7.17. The van der Waals surface area contributed by atoms with Crippen molar-refractivity contribution in [3.8, 4) is 0 Å². The molecule has 0 spiro atoms. The molecule has 2 fully saturated rings. The van der Waals surface area contributed by atoms with E-state index in [-0.39, 0.29) is 5.91 Å². The van der Waals surface area contributed by atoms with E-state index in [9.17, 15) is 13.2 Å². The maximum atomic E-state index is 12.6. The van der Waals surface area contributed by atoms with E-state index in [1.807, 2.05) is 36.1 Å². The lowest BCUT2D eigenvalue weighted by atomic mass is 9.84. The first kappa shape index (κ1) is 17.4. The van der Waals surface area contributed by atoms with Crippen molar-refractivity contribution in [2.45, 2.75) is 26.2 Å². The summed E-state index contributed by atoms with van der Waals surface area (Å²) < 4.78 is 24.8. The molecule has 24 heavy (non-hydrogen) atoms. The summed E-state index contributed by atoms with van der Waals surface area (Å²) >= 11 is 0. The topological polar surface area (TPSA) is 57.7 Å². The van der Waals surface area contributed by atoms with E-state index in [2.05, 4.69) is 0 Å². The van der Waals surface area contributed by atoms with Crippen LogP contribution in [0.25, 0.3) is 0 Å². The predicted molar refractivity (Wildman–Crippen MR) is 94.3 cm³/mol. The van der Waals surface area contributed by atoms with E-state index in [1.165, 1.54) is 6.26 Å². The van der Waals surface area contributed by atoms with Crippen molar-refractivity contribution in [3.63, 3.8) is 0 Å². The molecular formula is C18H26N2O3S. The number of nitrogens with zero attached hydrogens (tertiary/aromatic N) is 2. The summed E-state index contributed by atoms with van der Waals surface area (Å²) in [4.78, 5) is 14.6. The molecule has 1 atom stereocenters. The van der Waals surface area contributed by atoms with Gasteiger partial charge < -0.3 is 4.90 Å². The van der Waals surface area contributed by atoms with Crippen LogP contribution in [0.4, 0.5) is 0 Å². The molecule has 132 valence electrons. The molecular weight excluding hydrogens is 324 g/mol. The number of amides is 1. The third-order valence-corrected chi connectivity index (χ3v) is 6.71. The first-order valence-corrected chi connectivity index (χ1v) is 10.5. The van der Waals surface area contributed by atoms with Crippen LogP contribution in [0.1, 0.15) is 35.2 Å². The maximum absolute atomic E-state index is 12.6. The SMILES string of the molecule is Cc1cccc(C(=O)N2CCC(C3CCN(S(C)(=O)=O)CC3)C2)c1. The number of rotatable bonds is 3. The largest absolute Gasteiger partial charge is 0.338 e. The lowest BCUT2D eigenvalue weighted by Gasteiger charge is -2.33. The Morgan fingerprint density at radius 1 is 1.08 bits per heavy atom. The van der Waals surface area contributed by atoms with Crippen LogP contribution in [0.2, 0.25) is 0 Å². The van der Waals surface area contributed by atoms with Crippen LogP contribution in [-0.4, -0.2) is 56.0 Å². The summed E-state index contributed by atoms with van der Waals surface area (Å²) in [7, 11) is -3.07. The minimum atomic E-state index is -3.07. The average Bonchev–Trinajstić information content (AvgIpc) is 3.03. The van der Waals surface area contributed by atoms with Gasteiger partial charge in [0.15, 0.2) is 0 Å². The van der Waals surface area contributed by atoms with Crippen molar-refractivity contribution in [1.82, 2.24) is 9.21 Å². The molecule has 0 bridgehead atoms. The number of sulfonamides is 1. The Labute approximate surface area is 144 Å². The first-order valence-electron chi connectivity index (χ1n) is 8.65. The highest BCUT2D eigenvalue weighted by atomic mass is 32.2. The van der Waals surface area contributed by atoms with Crippen LogP contribution in [0.15, 0.2) is 24.3 Å². The molecule has 1 aromatic carbocycles. The van der Waals surface area contributed by atoms with Crippen molar-refractivity contribution in [1.29, 1.82) is 0 Å². The van der Waals surface area contributed by atoms with E-state index in [0.29, 0.717) is 24.9 Å². The second kappa shape index (κ2) is 6.84. The predicted octanol–water partition coefficient (Wildman–Crippen LogP) is 2.13. The van der Waals surface area contributed by atoms with Gasteiger partial charge in [-0.25, -0.2) is 12.7 Å². The Balaban J connectivity index is 1.57. The summed E-state index contributed by atoms with van der Waals surface area (Å²) in [5.41, 5.74) is 1.87. The summed E-state index contributed by atoms with van der Waals surface area (Å²) in [6.07, 6.45) is 4.13. The van der Waals surface area contributed by atoms with Crippen LogP contribution < -0.4 is 0 Å². The van der Waals surface area contributed by atoms with E-state index in [0.717, 1.165) is 43.5 Å². The number of carbonyl (C=O) groups is 1. The molecule has 2 aliphatic rings. The number of benzene rings is 1. The minimum Gasteiger partial charge on any atom is -0.338 e. The second-order valence-corrected chi connectivity index (χ2v) is 9.15. The lowest BCUT2D eigenvalue weighted by molar-refractivity contribution is 0.0778. The molecule has 5 nitrogen and oxygen atoms in total. The zero-order chi connectivity index (χ0) is 17.3. The van der Waals surface area contributed by atoms with Gasteiger partial charge in [-0.05, 0) is 50.2 Å². The molecule has 2 aliphatic heterocycles. The van der Waals surface area contributed by atoms with Crippen molar-refractivity contribution >= 4 is 15.9 Å². The summed E-state index contributed by atoms with van der Waals surface area (Å²) in [5.74, 6) is 1.15.